The molecule has 0 heterocycles. The molecule has 1 aliphatic carbocycles. The smallest absolute Gasteiger partial charge is 0.497 e. The van der Waals surface area contributed by atoms with Gasteiger partial charge in [-0.05, 0) is 31.0 Å². The molecule has 0 saturated heterocycles. The molecule has 0 N–H and O–H groups in total. The van der Waals surface area contributed by atoms with Gasteiger partial charge >= 0.3 is 15.6 Å². The van der Waals surface area contributed by atoms with Crippen molar-refractivity contribution >= 4 is 15.9 Å². The van der Waals surface area contributed by atoms with Gasteiger partial charge in [-0.3, -0.25) is 4.79 Å². The van der Waals surface area contributed by atoms with E-state index >= 15 is 0 Å². The molecule has 1 aliphatic rings. The number of benzene rings is 1. The molecule has 0 spiro atoms. The van der Waals surface area contributed by atoms with Crippen LogP contribution in [0.25, 0.3) is 0 Å². The van der Waals surface area contributed by atoms with Gasteiger partial charge in [0.05, 0.1) is 12.7 Å². The molecule has 0 radical (unpaired) electrons. The van der Waals surface area contributed by atoms with Crippen LogP contribution in [0.5, 0.6) is 11.5 Å². The third-order valence-electron chi connectivity index (χ3n) is 3.31. The molecule has 0 unspecified atom stereocenters. The van der Waals surface area contributed by atoms with Crippen molar-refractivity contribution < 1.29 is 35.3 Å². The molecule has 9 heteroatoms. The summed E-state index contributed by atoms with van der Waals surface area (Å²) in [6.07, 6.45) is 4.41. The molecule has 0 fully saturated rings. The van der Waals surface area contributed by atoms with Crippen LogP contribution in [0.1, 0.15) is 23.2 Å². The number of ketones is 1. The standard InChI is InChI=1S/C14H13F3O5S/c1-21-10-6-7-12(22-23(19,20)14(15,16)17)11(8-10)13(18)9-4-2-3-5-9/h2-3,6-9H,4-5H2,1H3. The lowest BCUT2D eigenvalue weighted by molar-refractivity contribution is -0.0500. The SMILES string of the molecule is COc1ccc(OS(=O)(=O)C(F)(F)F)c(C(=O)C2CC=CC2)c1. The van der Waals surface area contributed by atoms with E-state index in [9.17, 15) is 26.4 Å². The van der Waals surface area contributed by atoms with Crippen molar-refractivity contribution in [2.24, 2.45) is 5.92 Å². The number of carbonyl (C=O) groups is 1. The van der Waals surface area contributed by atoms with E-state index in [1.165, 1.54) is 19.2 Å². The summed E-state index contributed by atoms with van der Waals surface area (Å²) in [5, 5.41) is 0. The number of methoxy groups -OCH3 is 1. The van der Waals surface area contributed by atoms with Crippen molar-refractivity contribution in [1.82, 2.24) is 0 Å². The third kappa shape index (κ3) is 3.66. The van der Waals surface area contributed by atoms with Crippen molar-refractivity contribution in [2.75, 3.05) is 7.11 Å². The predicted molar refractivity (Wildman–Crippen MR) is 74.8 cm³/mol. The van der Waals surface area contributed by atoms with Gasteiger partial charge < -0.3 is 8.92 Å². The number of ether oxygens (including phenoxy) is 1. The fourth-order valence-electron chi connectivity index (χ4n) is 2.12. The molecule has 0 atom stereocenters. The first-order valence-corrected chi connectivity index (χ1v) is 7.94. The van der Waals surface area contributed by atoms with Crippen molar-refractivity contribution in [3.8, 4) is 11.5 Å². The molecular weight excluding hydrogens is 337 g/mol. The molecule has 0 aliphatic heterocycles. The number of halogens is 3. The van der Waals surface area contributed by atoms with E-state index in [0.717, 1.165) is 6.07 Å². The monoisotopic (exact) mass is 350 g/mol. The zero-order valence-corrected chi connectivity index (χ0v) is 12.8. The van der Waals surface area contributed by atoms with Crippen molar-refractivity contribution in [1.29, 1.82) is 0 Å². The maximum absolute atomic E-state index is 12.5. The van der Waals surface area contributed by atoms with Gasteiger partial charge in [-0.15, -0.1) is 0 Å². The molecule has 2 rings (SSSR count). The summed E-state index contributed by atoms with van der Waals surface area (Å²) < 4.78 is 68.8. The lowest BCUT2D eigenvalue weighted by Gasteiger charge is -2.15. The second-order valence-electron chi connectivity index (χ2n) is 4.85. The van der Waals surface area contributed by atoms with E-state index < -0.39 is 33.1 Å². The number of hydrogen-bond acceptors (Lipinski definition) is 5. The molecule has 5 nitrogen and oxygen atoms in total. The van der Waals surface area contributed by atoms with E-state index in [-0.39, 0.29) is 11.3 Å². The zero-order chi connectivity index (χ0) is 17.3. The molecule has 1 aromatic carbocycles. The number of carbonyl (C=O) groups excluding carboxylic acids is 1. The Bertz CT molecular complexity index is 729. The number of rotatable bonds is 5. The highest BCUT2D eigenvalue weighted by atomic mass is 32.2. The van der Waals surface area contributed by atoms with Crippen molar-refractivity contribution in [3.63, 3.8) is 0 Å². The second kappa shape index (κ2) is 6.23. The first-order valence-electron chi connectivity index (χ1n) is 6.53. The topological polar surface area (TPSA) is 69.7 Å². The Morgan fingerprint density at radius 1 is 1.22 bits per heavy atom. The number of allylic oxidation sites excluding steroid dienone is 2. The fraction of sp³-hybridized carbons (Fsp3) is 0.357. The van der Waals surface area contributed by atoms with Crippen molar-refractivity contribution in [3.05, 3.63) is 35.9 Å². The fourth-order valence-corrected chi connectivity index (χ4v) is 2.59. The quantitative estimate of drug-likeness (QED) is 0.353. The Balaban J connectivity index is 2.41. The average Bonchev–Trinajstić information content (AvgIpc) is 2.99. The van der Waals surface area contributed by atoms with Crippen LogP contribution in [0.15, 0.2) is 30.4 Å². The summed E-state index contributed by atoms with van der Waals surface area (Å²) in [6, 6.07) is 3.35. The maximum Gasteiger partial charge on any atom is 0.534 e. The molecule has 23 heavy (non-hydrogen) atoms. The van der Waals surface area contributed by atoms with Gasteiger partial charge in [0.15, 0.2) is 11.5 Å². The van der Waals surface area contributed by atoms with E-state index in [0.29, 0.717) is 12.8 Å². The van der Waals surface area contributed by atoms with Gasteiger partial charge in [0.25, 0.3) is 0 Å². The first-order chi connectivity index (χ1) is 10.7. The first kappa shape index (κ1) is 17.3. The predicted octanol–water partition coefficient (Wildman–Crippen LogP) is 3.07. The maximum atomic E-state index is 12.5. The van der Waals surface area contributed by atoms with Crippen LogP contribution < -0.4 is 8.92 Å². The van der Waals surface area contributed by atoms with Crippen LogP contribution in [0.3, 0.4) is 0 Å². The summed E-state index contributed by atoms with van der Waals surface area (Å²) in [7, 11) is -4.55. The highest BCUT2D eigenvalue weighted by Crippen LogP contribution is 2.34. The molecule has 1 aromatic rings. The minimum atomic E-state index is -5.86. The lowest BCUT2D eigenvalue weighted by atomic mass is 9.95. The molecular formula is C14H13F3O5S. The number of Topliss-reactive ketones (excluding diaryl/α,β-unsaturated/α-hetero) is 1. The molecule has 0 saturated carbocycles. The normalized spacial score (nSPS) is 15.7. The Labute approximate surface area is 130 Å². The van der Waals surface area contributed by atoms with Gasteiger partial charge in [-0.2, -0.15) is 21.6 Å². The van der Waals surface area contributed by atoms with E-state index in [1.54, 1.807) is 12.2 Å². The number of hydrogen-bond donors (Lipinski definition) is 0. The summed E-state index contributed by atoms with van der Waals surface area (Å²) in [5.41, 5.74) is -5.84. The Morgan fingerprint density at radius 2 is 1.83 bits per heavy atom. The third-order valence-corrected chi connectivity index (χ3v) is 4.28. The average molecular weight is 350 g/mol. The Hall–Kier alpha value is -2.03. The highest BCUT2D eigenvalue weighted by Gasteiger charge is 2.49. The van der Waals surface area contributed by atoms with Gasteiger partial charge in [0, 0.05) is 5.92 Å². The number of alkyl halides is 3. The lowest BCUT2D eigenvalue weighted by Crippen LogP contribution is -2.29. The Kier molecular flexibility index (Phi) is 4.69. The van der Waals surface area contributed by atoms with Crippen LogP contribution >= 0.6 is 0 Å². The van der Waals surface area contributed by atoms with Gasteiger partial charge in [-0.1, -0.05) is 12.2 Å². The summed E-state index contributed by atoms with van der Waals surface area (Å²) >= 11 is 0. The minimum Gasteiger partial charge on any atom is -0.497 e. The van der Waals surface area contributed by atoms with Crippen LogP contribution in [0.2, 0.25) is 0 Å². The molecule has 126 valence electrons. The van der Waals surface area contributed by atoms with E-state index in [1.807, 2.05) is 0 Å². The van der Waals surface area contributed by atoms with Crippen molar-refractivity contribution in [2.45, 2.75) is 18.3 Å². The van der Waals surface area contributed by atoms with Gasteiger partial charge in [0.2, 0.25) is 0 Å². The summed E-state index contributed by atoms with van der Waals surface area (Å²) in [4.78, 5) is 12.4. The van der Waals surface area contributed by atoms with Crippen LogP contribution in [-0.2, 0) is 10.1 Å². The second-order valence-corrected chi connectivity index (χ2v) is 6.39. The molecule has 0 aromatic heterocycles. The van der Waals surface area contributed by atoms with Crippen LogP contribution in [0.4, 0.5) is 13.2 Å². The largest absolute Gasteiger partial charge is 0.534 e. The summed E-state index contributed by atoms with van der Waals surface area (Å²) in [5.74, 6) is -1.42. The Morgan fingerprint density at radius 3 is 2.35 bits per heavy atom. The minimum absolute atomic E-state index is 0.205. The zero-order valence-electron chi connectivity index (χ0n) is 12.0. The molecule has 0 amide bonds. The van der Waals surface area contributed by atoms with Crippen LogP contribution in [-0.4, -0.2) is 26.8 Å². The van der Waals surface area contributed by atoms with Crippen LogP contribution in [0, 0.1) is 5.92 Å². The van der Waals surface area contributed by atoms with E-state index in [4.69, 9.17) is 4.74 Å². The molecule has 0 bridgehead atoms. The van der Waals surface area contributed by atoms with E-state index in [2.05, 4.69) is 4.18 Å². The van der Waals surface area contributed by atoms with Gasteiger partial charge in [-0.25, -0.2) is 0 Å². The highest BCUT2D eigenvalue weighted by molar-refractivity contribution is 7.88. The summed E-state index contributed by atoms with van der Waals surface area (Å²) in [6.45, 7) is 0. The van der Waals surface area contributed by atoms with Gasteiger partial charge in [0.1, 0.15) is 5.75 Å².